The molecule has 2 atom stereocenters. The molecule has 1 aliphatic rings. The smallest absolute Gasteiger partial charge is 0.0926 e. The lowest BCUT2D eigenvalue weighted by atomic mass is 9.84. The molecule has 2 rings (SSSR count). The molecule has 2 unspecified atom stereocenters. The molecule has 3 heteroatoms. The van der Waals surface area contributed by atoms with Crippen LogP contribution in [0.25, 0.3) is 0 Å². The Balaban J connectivity index is 1.77. The molecule has 1 N–H and O–H groups in total. The third-order valence-electron chi connectivity index (χ3n) is 3.83. The van der Waals surface area contributed by atoms with Crippen molar-refractivity contribution in [2.45, 2.75) is 65.0 Å². The molecule has 1 heterocycles. The van der Waals surface area contributed by atoms with Crippen LogP contribution in [0.1, 0.15) is 56.7 Å². The third-order valence-corrected chi connectivity index (χ3v) is 4.88. The van der Waals surface area contributed by atoms with Gasteiger partial charge in [-0.25, -0.2) is 4.98 Å². The molecule has 2 nitrogen and oxygen atoms in total. The lowest BCUT2D eigenvalue weighted by Crippen LogP contribution is -2.33. The Morgan fingerprint density at radius 1 is 1.41 bits per heavy atom. The van der Waals surface area contributed by atoms with Crippen LogP contribution in [0, 0.1) is 5.92 Å². The zero-order valence-electron chi connectivity index (χ0n) is 11.0. The van der Waals surface area contributed by atoms with Crippen LogP contribution in [0.15, 0.2) is 5.38 Å². The van der Waals surface area contributed by atoms with Crippen LogP contribution in [-0.4, -0.2) is 11.0 Å². The maximum absolute atomic E-state index is 4.61. The lowest BCUT2D eigenvalue weighted by Gasteiger charge is -2.29. The Hall–Kier alpha value is -0.410. The summed E-state index contributed by atoms with van der Waals surface area (Å²) in [5.74, 6) is 0.947. The van der Waals surface area contributed by atoms with Crippen molar-refractivity contribution in [2.75, 3.05) is 0 Å². The molecule has 0 aliphatic heterocycles. The number of rotatable bonds is 5. The quantitative estimate of drug-likeness (QED) is 0.863. The maximum atomic E-state index is 4.61. The fourth-order valence-corrected chi connectivity index (χ4v) is 3.43. The predicted octanol–water partition coefficient (Wildman–Crippen LogP) is 3.76. The Morgan fingerprint density at radius 2 is 2.29 bits per heavy atom. The summed E-state index contributed by atoms with van der Waals surface area (Å²) in [4.78, 5) is 4.61. The van der Waals surface area contributed by atoms with E-state index in [-0.39, 0.29) is 0 Å². The molecule has 0 spiro atoms. The van der Waals surface area contributed by atoms with Crippen LogP contribution in [0.3, 0.4) is 0 Å². The van der Waals surface area contributed by atoms with Crippen molar-refractivity contribution in [3.63, 3.8) is 0 Å². The molecule has 1 fully saturated rings. The van der Waals surface area contributed by atoms with Gasteiger partial charge in [0.1, 0.15) is 0 Å². The monoisotopic (exact) mass is 252 g/mol. The summed E-state index contributed by atoms with van der Waals surface area (Å²) in [5, 5.41) is 7.15. The van der Waals surface area contributed by atoms with Gasteiger partial charge in [0.15, 0.2) is 0 Å². The fourth-order valence-electron chi connectivity index (χ4n) is 2.69. The Morgan fingerprint density at radius 3 is 3.00 bits per heavy atom. The van der Waals surface area contributed by atoms with E-state index in [0.717, 1.165) is 24.9 Å². The highest BCUT2D eigenvalue weighted by Gasteiger charge is 2.20. The summed E-state index contributed by atoms with van der Waals surface area (Å²) in [5.41, 5.74) is 1.23. The SMILES string of the molecule is CCc1nc(CNC2CCCC(CC)C2)cs1. The van der Waals surface area contributed by atoms with E-state index in [2.05, 4.69) is 29.5 Å². The number of hydrogen-bond acceptors (Lipinski definition) is 3. The molecular weight excluding hydrogens is 228 g/mol. The average Bonchev–Trinajstić information content (AvgIpc) is 2.84. The van der Waals surface area contributed by atoms with E-state index in [1.165, 1.54) is 42.8 Å². The topological polar surface area (TPSA) is 24.9 Å². The second-order valence-electron chi connectivity index (χ2n) is 5.10. The zero-order valence-corrected chi connectivity index (χ0v) is 11.9. The molecular formula is C14H24N2S. The molecule has 1 saturated carbocycles. The van der Waals surface area contributed by atoms with Gasteiger partial charge in [-0.1, -0.05) is 33.1 Å². The molecule has 1 aliphatic carbocycles. The van der Waals surface area contributed by atoms with Crippen molar-refractivity contribution < 1.29 is 0 Å². The molecule has 0 bridgehead atoms. The summed E-state index contributed by atoms with van der Waals surface area (Å²) < 4.78 is 0. The number of aryl methyl sites for hydroxylation is 1. The highest BCUT2D eigenvalue weighted by atomic mass is 32.1. The largest absolute Gasteiger partial charge is 0.308 e. The van der Waals surface area contributed by atoms with Crippen molar-refractivity contribution in [1.82, 2.24) is 10.3 Å². The molecule has 1 aromatic heterocycles. The molecule has 0 amide bonds. The van der Waals surface area contributed by atoms with E-state index in [4.69, 9.17) is 0 Å². The van der Waals surface area contributed by atoms with Crippen LogP contribution >= 0.6 is 11.3 Å². The number of nitrogens with one attached hydrogen (secondary N) is 1. The average molecular weight is 252 g/mol. The van der Waals surface area contributed by atoms with Gasteiger partial charge in [0, 0.05) is 18.0 Å². The van der Waals surface area contributed by atoms with E-state index in [0.29, 0.717) is 0 Å². The zero-order chi connectivity index (χ0) is 12.1. The maximum Gasteiger partial charge on any atom is 0.0926 e. The number of nitrogens with zero attached hydrogens (tertiary/aromatic N) is 1. The van der Waals surface area contributed by atoms with Gasteiger partial charge in [-0.15, -0.1) is 11.3 Å². The van der Waals surface area contributed by atoms with Crippen molar-refractivity contribution in [2.24, 2.45) is 5.92 Å². The van der Waals surface area contributed by atoms with E-state index < -0.39 is 0 Å². The molecule has 0 radical (unpaired) electrons. The number of thiazole rings is 1. The first-order chi connectivity index (χ1) is 8.31. The van der Waals surface area contributed by atoms with Crippen LogP contribution in [0.5, 0.6) is 0 Å². The van der Waals surface area contributed by atoms with Gasteiger partial charge in [0.05, 0.1) is 10.7 Å². The Kier molecular flexibility index (Phi) is 4.99. The molecule has 1 aromatic rings. The van der Waals surface area contributed by atoms with E-state index in [1.54, 1.807) is 11.3 Å². The first-order valence-corrected chi connectivity index (χ1v) is 7.86. The van der Waals surface area contributed by atoms with E-state index in [9.17, 15) is 0 Å². The van der Waals surface area contributed by atoms with Crippen LogP contribution < -0.4 is 5.32 Å². The second kappa shape index (κ2) is 6.50. The highest BCUT2D eigenvalue weighted by molar-refractivity contribution is 7.09. The highest BCUT2D eigenvalue weighted by Crippen LogP contribution is 2.26. The third kappa shape index (κ3) is 3.78. The van der Waals surface area contributed by atoms with Gasteiger partial charge in [-0.05, 0) is 25.2 Å². The Bertz CT molecular complexity index is 335. The van der Waals surface area contributed by atoms with Crippen molar-refractivity contribution >= 4 is 11.3 Å². The van der Waals surface area contributed by atoms with Crippen molar-refractivity contribution in [3.8, 4) is 0 Å². The first kappa shape index (κ1) is 13.0. The predicted molar refractivity (Wildman–Crippen MR) is 74.4 cm³/mol. The molecule has 96 valence electrons. The van der Waals surface area contributed by atoms with E-state index in [1.807, 2.05) is 0 Å². The summed E-state index contributed by atoms with van der Waals surface area (Å²) in [7, 11) is 0. The van der Waals surface area contributed by atoms with Gasteiger partial charge < -0.3 is 5.32 Å². The van der Waals surface area contributed by atoms with E-state index >= 15 is 0 Å². The summed E-state index contributed by atoms with van der Waals surface area (Å²) >= 11 is 1.79. The Labute approximate surface area is 109 Å². The standard InChI is InChI=1S/C14H24N2S/c1-3-11-6-5-7-12(8-11)15-9-13-10-17-14(4-2)16-13/h10-12,15H,3-9H2,1-2H3. The minimum Gasteiger partial charge on any atom is -0.308 e. The van der Waals surface area contributed by atoms with Gasteiger partial charge in [0.25, 0.3) is 0 Å². The minimum absolute atomic E-state index is 0.723. The molecule has 17 heavy (non-hydrogen) atoms. The second-order valence-corrected chi connectivity index (χ2v) is 6.05. The van der Waals surface area contributed by atoms with Crippen molar-refractivity contribution in [3.05, 3.63) is 16.1 Å². The van der Waals surface area contributed by atoms with Crippen LogP contribution in [-0.2, 0) is 13.0 Å². The normalized spacial score (nSPS) is 25.1. The number of hydrogen-bond donors (Lipinski definition) is 1. The minimum atomic E-state index is 0.723. The van der Waals surface area contributed by atoms with Gasteiger partial charge in [-0.3, -0.25) is 0 Å². The van der Waals surface area contributed by atoms with Gasteiger partial charge in [0.2, 0.25) is 0 Å². The lowest BCUT2D eigenvalue weighted by molar-refractivity contribution is 0.278. The fraction of sp³-hybridized carbons (Fsp3) is 0.786. The summed E-state index contributed by atoms with van der Waals surface area (Å²) in [6.07, 6.45) is 7.95. The summed E-state index contributed by atoms with van der Waals surface area (Å²) in [6, 6.07) is 0.723. The van der Waals surface area contributed by atoms with Crippen molar-refractivity contribution in [1.29, 1.82) is 0 Å². The molecule has 0 saturated heterocycles. The van der Waals surface area contributed by atoms with Crippen LogP contribution in [0.2, 0.25) is 0 Å². The van der Waals surface area contributed by atoms with Crippen LogP contribution in [0.4, 0.5) is 0 Å². The molecule has 0 aromatic carbocycles. The van der Waals surface area contributed by atoms with Gasteiger partial charge >= 0.3 is 0 Å². The first-order valence-electron chi connectivity index (χ1n) is 6.98. The summed E-state index contributed by atoms with van der Waals surface area (Å²) in [6.45, 7) is 5.45. The van der Waals surface area contributed by atoms with Gasteiger partial charge in [-0.2, -0.15) is 0 Å². The number of aromatic nitrogens is 1.